The van der Waals surface area contributed by atoms with Gasteiger partial charge in [0.2, 0.25) is 0 Å². The van der Waals surface area contributed by atoms with Gasteiger partial charge in [0.05, 0.1) is 29.9 Å². The van der Waals surface area contributed by atoms with Crippen LogP contribution in [0.3, 0.4) is 0 Å². The number of hydrogen-bond acceptors (Lipinski definition) is 4. The van der Waals surface area contributed by atoms with Gasteiger partial charge in [-0.1, -0.05) is 24.3 Å². The van der Waals surface area contributed by atoms with E-state index in [4.69, 9.17) is 9.47 Å². The number of amides is 2. The van der Waals surface area contributed by atoms with Gasteiger partial charge in [-0.15, -0.1) is 0 Å². The first-order valence-corrected chi connectivity index (χ1v) is 7.69. The topological polar surface area (TPSA) is 59.1 Å². The van der Waals surface area contributed by atoms with Crippen LogP contribution in [0.5, 0.6) is 0 Å². The van der Waals surface area contributed by atoms with Gasteiger partial charge in [-0.3, -0.25) is 9.59 Å². The minimum absolute atomic E-state index is 0.175. The highest BCUT2D eigenvalue weighted by Gasteiger charge is 2.40. The second-order valence-corrected chi connectivity index (χ2v) is 6.26. The molecular weight excluding hydrogens is 294 g/mol. The number of ether oxygens (including phenoxy) is 2. The molecule has 2 atom stereocenters. The Morgan fingerprint density at radius 3 is 2.52 bits per heavy atom. The molecule has 118 valence electrons. The Kier molecular flexibility index (Phi) is 3.21. The zero-order chi connectivity index (χ0) is 16.0. The summed E-state index contributed by atoms with van der Waals surface area (Å²) in [5, 5.41) is 0. The molecule has 5 nitrogen and oxygen atoms in total. The summed E-state index contributed by atoms with van der Waals surface area (Å²) in [6.45, 7) is 3.22. The van der Waals surface area contributed by atoms with Crippen LogP contribution in [0.2, 0.25) is 0 Å². The molecule has 1 fully saturated rings. The minimum Gasteiger partial charge on any atom is -0.371 e. The van der Waals surface area contributed by atoms with Crippen molar-refractivity contribution in [3.05, 3.63) is 59.3 Å². The predicted octanol–water partition coefficient (Wildman–Crippen LogP) is 2.30. The lowest BCUT2D eigenvalue weighted by Crippen LogP contribution is -2.37. The third-order valence-corrected chi connectivity index (χ3v) is 4.35. The maximum absolute atomic E-state index is 12.6. The van der Waals surface area contributed by atoms with Crippen molar-refractivity contribution < 1.29 is 19.1 Å². The van der Waals surface area contributed by atoms with Crippen LogP contribution in [0, 0.1) is 0 Å². The van der Waals surface area contributed by atoms with Crippen molar-refractivity contribution in [1.29, 1.82) is 0 Å². The third-order valence-electron chi connectivity index (χ3n) is 4.35. The molecule has 1 aromatic rings. The molecule has 1 aromatic carbocycles. The molecule has 2 heterocycles. The molecule has 4 rings (SSSR count). The molecule has 0 bridgehead atoms. The van der Waals surface area contributed by atoms with E-state index in [9.17, 15) is 9.59 Å². The quantitative estimate of drug-likeness (QED) is 0.632. The molecule has 2 amide bonds. The van der Waals surface area contributed by atoms with Crippen LogP contribution in [0.25, 0.3) is 0 Å². The van der Waals surface area contributed by atoms with Gasteiger partial charge in [-0.25, -0.2) is 4.90 Å². The summed E-state index contributed by atoms with van der Waals surface area (Å²) >= 11 is 0. The molecule has 23 heavy (non-hydrogen) atoms. The number of fused-ring (bicyclic) bond motifs is 1. The molecule has 0 saturated carbocycles. The first kappa shape index (κ1) is 14.4. The van der Waals surface area contributed by atoms with Crippen molar-refractivity contribution in [3.63, 3.8) is 0 Å². The fraction of sp³-hybridized carbons (Fsp3) is 0.333. The lowest BCUT2D eigenvalue weighted by atomic mass is 9.94. The Bertz CT molecular complexity index is 712. The average molecular weight is 311 g/mol. The number of hydrogen-bond donors (Lipinski definition) is 0. The smallest absolute Gasteiger partial charge is 0.265 e. The molecule has 1 aliphatic carbocycles. The lowest BCUT2D eigenvalue weighted by Gasteiger charge is -2.32. The fourth-order valence-corrected chi connectivity index (χ4v) is 2.99. The lowest BCUT2D eigenvalue weighted by molar-refractivity contribution is -0.00637. The van der Waals surface area contributed by atoms with Gasteiger partial charge in [-0.05, 0) is 25.1 Å². The highest BCUT2D eigenvalue weighted by Crippen LogP contribution is 2.34. The predicted molar refractivity (Wildman–Crippen MR) is 82.9 cm³/mol. The Labute approximate surface area is 134 Å². The number of allylic oxidation sites excluding steroid dienone is 2. The second-order valence-electron chi connectivity index (χ2n) is 6.26. The molecule has 0 radical (unpaired) electrons. The van der Waals surface area contributed by atoms with Gasteiger partial charge in [-0.2, -0.15) is 0 Å². The normalized spacial score (nSPS) is 28.8. The number of carbonyl (C=O) groups is 2. The van der Waals surface area contributed by atoms with Crippen molar-refractivity contribution in [2.45, 2.75) is 25.0 Å². The second kappa shape index (κ2) is 5.15. The monoisotopic (exact) mass is 311 g/mol. The molecule has 1 saturated heterocycles. The van der Waals surface area contributed by atoms with Crippen molar-refractivity contribution in [3.8, 4) is 0 Å². The van der Waals surface area contributed by atoms with E-state index in [1.54, 1.807) is 30.3 Å². The standard InChI is InChI=1S/C18H17NO4/c1-18(23-11-13-10-22-13)8-4-5-12(9-18)19-16(20)14-6-2-3-7-15(14)17(19)21/h2-8,13H,9-11H2,1H3. The molecule has 0 spiro atoms. The van der Waals surface area contributed by atoms with E-state index in [1.165, 1.54) is 4.90 Å². The zero-order valence-corrected chi connectivity index (χ0v) is 12.8. The molecule has 0 N–H and O–H groups in total. The van der Waals surface area contributed by atoms with Crippen LogP contribution < -0.4 is 0 Å². The maximum Gasteiger partial charge on any atom is 0.265 e. The number of rotatable bonds is 4. The number of epoxide rings is 1. The van der Waals surface area contributed by atoms with Crippen LogP contribution in [0.15, 0.2) is 48.2 Å². The first-order valence-electron chi connectivity index (χ1n) is 7.69. The molecule has 2 aliphatic heterocycles. The number of nitrogens with zero attached hydrogens (tertiary/aromatic N) is 1. The molecule has 5 heteroatoms. The summed E-state index contributed by atoms with van der Waals surface area (Å²) < 4.78 is 11.1. The summed E-state index contributed by atoms with van der Waals surface area (Å²) in [6.07, 6.45) is 6.25. The van der Waals surface area contributed by atoms with E-state index in [-0.39, 0.29) is 17.9 Å². The van der Waals surface area contributed by atoms with Crippen molar-refractivity contribution >= 4 is 11.8 Å². The summed E-state index contributed by atoms with van der Waals surface area (Å²) in [5.74, 6) is -0.528. The van der Waals surface area contributed by atoms with Gasteiger partial charge in [0, 0.05) is 12.1 Å². The highest BCUT2D eigenvalue weighted by molar-refractivity contribution is 6.22. The Hall–Kier alpha value is -2.24. The Morgan fingerprint density at radius 1 is 1.26 bits per heavy atom. The van der Waals surface area contributed by atoms with Gasteiger partial charge >= 0.3 is 0 Å². The van der Waals surface area contributed by atoms with Gasteiger partial charge in [0.25, 0.3) is 11.8 Å². The van der Waals surface area contributed by atoms with Gasteiger partial charge < -0.3 is 9.47 Å². The Morgan fingerprint density at radius 2 is 1.91 bits per heavy atom. The van der Waals surface area contributed by atoms with Crippen LogP contribution in [-0.4, -0.2) is 41.6 Å². The minimum atomic E-state index is -0.536. The first-order chi connectivity index (χ1) is 11.1. The number of carbonyl (C=O) groups excluding carboxylic acids is 2. The van der Waals surface area contributed by atoms with E-state index in [0.29, 0.717) is 29.9 Å². The van der Waals surface area contributed by atoms with E-state index < -0.39 is 5.60 Å². The van der Waals surface area contributed by atoms with Gasteiger partial charge in [0.15, 0.2) is 0 Å². The van der Waals surface area contributed by atoms with Crippen LogP contribution >= 0.6 is 0 Å². The van der Waals surface area contributed by atoms with Crippen LogP contribution in [0.1, 0.15) is 34.1 Å². The molecule has 3 aliphatic rings. The zero-order valence-electron chi connectivity index (χ0n) is 12.8. The molecule has 2 unspecified atom stereocenters. The number of benzene rings is 1. The van der Waals surface area contributed by atoms with E-state index in [1.807, 2.05) is 19.1 Å². The highest BCUT2D eigenvalue weighted by atomic mass is 16.6. The van der Waals surface area contributed by atoms with Crippen LogP contribution in [0.4, 0.5) is 0 Å². The third kappa shape index (κ3) is 2.52. The number of imide groups is 1. The van der Waals surface area contributed by atoms with Crippen molar-refractivity contribution in [1.82, 2.24) is 4.90 Å². The van der Waals surface area contributed by atoms with E-state index in [2.05, 4.69) is 0 Å². The maximum atomic E-state index is 12.6. The summed E-state index contributed by atoms with van der Waals surface area (Å²) in [5.41, 5.74) is 1.05. The molecular formula is C18H17NO4. The summed E-state index contributed by atoms with van der Waals surface area (Å²) in [6, 6.07) is 6.92. The fourth-order valence-electron chi connectivity index (χ4n) is 2.99. The molecule has 0 aromatic heterocycles. The largest absolute Gasteiger partial charge is 0.371 e. The van der Waals surface area contributed by atoms with Crippen molar-refractivity contribution in [2.75, 3.05) is 13.2 Å². The Balaban J connectivity index is 1.57. The summed E-state index contributed by atoms with van der Waals surface area (Å²) in [4.78, 5) is 26.4. The van der Waals surface area contributed by atoms with Crippen molar-refractivity contribution in [2.24, 2.45) is 0 Å². The average Bonchev–Trinajstić information content (AvgIpc) is 3.34. The van der Waals surface area contributed by atoms with E-state index in [0.717, 1.165) is 6.61 Å². The summed E-state index contributed by atoms with van der Waals surface area (Å²) in [7, 11) is 0. The van der Waals surface area contributed by atoms with E-state index >= 15 is 0 Å². The van der Waals surface area contributed by atoms with Crippen LogP contribution in [-0.2, 0) is 9.47 Å². The SMILES string of the molecule is CC1(OCC2CO2)C=CC=C(N2C(=O)c3ccccc3C2=O)C1. The van der Waals surface area contributed by atoms with Gasteiger partial charge in [0.1, 0.15) is 6.10 Å².